The highest BCUT2D eigenvalue weighted by molar-refractivity contribution is 5.23. The van der Waals surface area contributed by atoms with Crippen LogP contribution in [0.25, 0.3) is 0 Å². The van der Waals surface area contributed by atoms with Crippen molar-refractivity contribution in [3.8, 4) is 0 Å². The zero-order chi connectivity index (χ0) is 14.7. The minimum Gasteiger partial charge on any atom is -0.330 e. The van der Waals surface area contributed by atoms with Gasteiger partial charge in [0.05, 0.1) is 0 Å². The summed E-state index contributed by atoms with van der Waals surface area (Å²) in [5.41, 5.74) is 8.05. The third kappa shape index (κ3) is 3.14. The number of benzene rings is 2. The van der Waals surface area contributed by atoms with Crippen LogP contribution >= 0.6 is 0 Å². The fraction of sp³-hybridized carbons (Fsp3) is 0.333. The number of hydrogen-bond donors (Lipinski definition) is 1. The van der Waals surface area contributed by atoms with Crippen LogP contribution in [0.3, 0.4) is 0 Å². The van der Waals surface area contributed by atoms with Gasteiger partial charge in [0.2, 0.25) is 0 Å². The van der Waals surface area contributed by atoms with Gasteiger partial charge in [-0.3, -0.25) is 4.90 Å². The highest BCUT2D eigenvalue weighted by atomic mass is 19.1. The van der Waals surface area contributed by atoms with Crippen molar-refractivity contribution in [2.24, 2.45) is 11.7 Å². The van der Waals surface area contributed by atoms with E-state index in [1.54, 1.807) is 6.07 Å². The molecule has 2 nitrogen and oxygen atoms in total. The van der Waals surface area contributed by atoms with Crippen molar-refractivity contribution < 1.29 is 4.39 Å². The van der Waals surface area contributed by atoms with Crippen LogP contribution in [0.5, 0.6) is 0 Å². The van der Waals surface area contributed by atoms with Gasteiger partial charge in [-0.25, -0.2) is 4.39 Å². The predicted octanol–water partition coefficient (Wildman–Crippen LogP) is 3.00. The first kappa shape index (κ1) is 14.2. The van der Waals surface area contributed by atoms with E-state index in [1.165, 1.54) is 11.6 Å². The van der Waals surface area contributed by atoms with Gasteiger partial charge in [-0.05, 0) is 24.1 Å². The Morgan fingerprint density at radius 1 is 1.00 bits per heavy atom. The molecule has 0 bridgehead atoms. The van der Waals surface area contributed by atoms with Crippen LogP contribution in [0.4, 0.5) is 4.39 Å². The third-order valence-corrected chi connectivity index (χ3v) is 4.40. The van der Waals surface area contributed by atoms with Gasteiger partial charge in [-0.2, -0.15) is 0 Å². The molecule has 2 N–H and O–H groups in total. The summed E-state index contributed by atoms with van der Waals surface area (Å²) in [5.74, 6) is 0.770. The summed E-state index contributed by atoms with van der Waals surface area (Å²) in [6.07, 6.45) is 0. The van der Waals surface area contributed by atoms with Crippen molar-refractivity contribution in [2.45, 2.75) is 12.5 Å². The fourth-order valence-electron chi connectivity index (χ4n) is 3.27. The van der Waals surface area contributed by atoms with Gasteiger partial charge in [-0.15, -0.1) is 0 Å². The zero-order valence-corrected chi connectivity index (χ0v) is 12.1. The van der Waals surface area contributed by atoms with Gasteiger partial charge in [0.1, 0.15) is 5.82 Å². The third-order valence-electron chi connectivity index (χ3n) is 4.40. The van der Waals surface area contributed by atoms with E-state index in [9.17, 15) is 4.39 Å². The average molecular weight is 284 g/mol. The van der Waals surface area contributed by atoms with Crippen molar-refractivity contribution >= 4 is 0 Å². The van der Waals surface area contributed by atoms with Gasteiger partial charge in [0.15, 0.2) is 0 Å². The molecule has 3 heteroatoms. The molecule has 2 aromatic carbocycles. The van der Waals surface area contributed by atoms with Crippen molar-refractivity contribution in [2.75, 3.05) is 19.6 Å². The second-order valence-corrected chi connectivity index (χ2v) is 5.80. The lowest BCUT2D eigenvalue weighted by atomic mass is 9.89. The molecule has 0 aliphatic carbocycles. The molecule has 1 heterocycles. The molecule has 1 aliphatic heterocycles. The summed E-state index contributed by atoms with van der Waals surface area (Å²) in [5, 5.41) is 0. The quantitative estimate of drug-likeness (QED) is 0.935. The molecule has 0 radical (unpaired) electrons. The maximum Gasteiger partial charge on any atom is 0.127 e. The smallest absolute Gasteiger partial charge is 0.127 e. The fourth-order valence-corrected chi connectivity index (χ4v) is 3.27. The molecule has 0 amide bonds. The molecule has 0 spiro atoms. The summed E-state index contributed by atoms with van der Waals surface area (Å²) in [6.45, 7) is 3.21. The normalized spacial score (nSPS) is 22.6. The van der Waals surface area contributed by atoms with Gasteiger partial charge in [0, 0.05) is 31.1 Å². The molecule has 0 aromatic heterocycles. The van der Waals surface area contributed by atoms with Crippen LogP contribution in [0.15, 0.2) is 54.6 Å². The van der Waals surface area contributed by atoms with Crippen LogP contribution in [0.2, 0.25) is 0 Å². The first-order chi connectivity index (χ1) is 10.3. The molecule has 1 aliphatic rings. The number of halogens is 1. The van der Waals surface area contributed by atoms with Gasteiger partial charge in [0.25, 0.3) is 0 Å². The Bertz CT molecular complexity index is 585. The summed E-state index contributed by atoms with van der Waals surface area (Å²) in [7, 11) is 0. The second-order valence-electron chi connectivity index (χ2n) is 5.80. The molecule has 3 rings (SSSR count). The van der Waals surface area contributed by atoms with E-state index in [0.29, 0.717) is 24.9 Å². The summed E-state index contributed by atoms with van der Waals surface area (Å²) >= 11 is 0. The molecule has 2 atom stereocenters. The summed E-state index contributed by atoms with van der Waals surface area (Å²) in [6, 6.07) is 17.5. The van der Waals surface area contributed by atoms with Crippen LogP contribution in [0.1, 0.15) is 17.0 Å². The Hall–Kier alpha value is -1.71. The molecule has 110 valence electrons. The first-order valence-electron chi connectivity index (χ1n) is 7.48. The van der Waals surface area contributed by atoms with Crippen molar-refractivity contribution in [3.05, 3.63) is 71.5 Å². The van der Waals surface area contributed by atoms with E-state index in [4.69, 9.17) is 5.73 Å². The molecule has 21 heavy (non-hydrogen) atoms. The molecule has 1 fully saturated rings. The Morgan fingerprint density at radius 3 is 2.43 bits per heavy atom. The van der Waals surface area contributed by atoms with E-state index >= 15 is 0 Å². The lowest BCUT2D eigenvalue weighted by Crippen LogP contribution is -2.23. The molecule has 0 saturated carbocycles. The number of rotatable bonds is 4. The minimum absolute atomic E-state index is 0.120. The van der Waals surface area contributed by atoms with Crippen molar-refractivity contribution in [1.82, 2.24) is 4.90 Å². The number of likely N-dealkylation sites (tertiary alicyclic amines) is 1. The predicted molar refractivity (Wildman–Crippen MR) is 83.4 cm³/mol. The van der Waals surface area contributed by atoms with E-state index in [1.807, 2.05) is 18.2 Å². The second kappa shape index (κ2) is 6.37. The lowest BCUT2D eigenvalue weighted by molar-refractivity contribution is 0.311. The van der Waals surface area contributed by atoms with Gasteiger partial charge in [-0.1, -0.05) is 48.5 Å². The van der Waals surface area contributed by atoms with Gasteiger partial charge < -0.3 is 5.73 Å². The Labute approximate surface area is 125 Å². The summed E-state index contributed by atoms with van der Waals surface area (Å²) < 4.78 is 13.8. The van der Waals surface area contributed by atoms with Gasteiger partial charge >= 0.3 is 0 Å². The number of nitrogens with two attached hydrogens (primary N) is 1. The largest absolute Gasteiger partial charge is 0.330 e. The Morgan fingerprint density at radius 2 is 1.71 bits per heavy atom. The van der Waals surface area contributed by atoms with Crippen LogP contribution < -0.4 is 5.73 Å². The number of nitrogens with zero attached hydrogens (tertiary/aromatic N) is 1. The monoisotopic (exact) mass is 284 g/mol. The van der Waals surface area contributed by atoms with E-state index in [0.717, 1.165) is 18.7 Å². The first-order valence-corrected chi connectivity index (χ1v) is 7.48. The minimum atomic E-state index is -0.120. The Kier molecular flexibility index (Phi) is 4.32. The molecular formula is C18H21FN2. The molecular weight excluding hydrogens is 263 g/mol. The van der Waals surface area contributed by atoms with E-state index < -0.39 is 0 Å². The van der Waals surface area contributed by atoms with E-state index in [2.05, 4.69) is 29.2 Å². The highest BCUT2D eigenvalue weighted by Gasteiger charge is 2.32. The standard InChI is InChI=1S/C18H21FN2/c19-18-9-5-4-8-15(18)11-21-12-16(10-20)17(13-21)14-6-2-1-3-7-14/h1-9,16-17H,10-13,20H2/t16-,17+/m1/s1. The highest BCUT2D eigenvalue weighted by Crippen LogP contribution is 2.32. The molecule has 0 unspecified atom stereocenters. The number of hydrogen-bond acceptors (Lipinski definition) is 2. The van der Waals surface area contributed by atoms with Crippen LogP contribution in [-0.2, 0) is 6.54 Å². The zero-order valence-electron chi connectivity index (χ0n) is 12.1. The summed E-state index contributed by atoms with van der Waals surface area (Å²) in [4.78, 5) is 2.31. The maximum atomic E-state index is 13.8. The average Bonchev–Trinajstić information content (AvgIpc) is 2.93. The van der Waals surface area contributed by atoms with Crippen molar-refractivity contribution in [3.63, 3.8) is 0 Å². The maximum absolute atomic E-state index is 13.8. The van der Waals surface area contributed by atoms with Crippen LogP contribution in [0, 0.1) is 11.7 Å². The molecule has 2 aromatic rings. The topological polar surface area (TPSA) is 29.3 Å². The van der Waals surface area contributed by atoms with Crippen molar-refractivity contribution in [1.29, 1.82) is 0 Å². The van der Waals surface area contributed by atoms with Crippen LogP contribution in [-0.4, -0.2) is 24.5 Å². The lowest BCUT2D eigenvalue weighted by Gasteiger charge is -2.17. The Balaban J connectivity index is 1.74. The molecule has 1 saturated heterocycles. The SMILES string of the molecule is NC[C@@H]1CN(Cc2ccccc2F)C[C@H]1c1ccccc1. The van der Waals surface area contributed by atoms with E-state index in [-0.39, 0.29) is 5.82 Å².